The van der Waals surface area contributed by atoms with Gasteiger partial charge in [0.05, 0.1) is 0 Å². The first-order valence-electron chi connectivity index (χ1n) is 5.51. The minimum atomic E-state index is -0.227. The highest BCUT2D eigenvalue weighted by atomic mass is 16.5. The van der Waals surface area contributed by atoms with Gasteiger partial charge in [0.25, 0.3) is 0 Å². The highest BCUT2D eigenvalue weighted by molar-refractivity contribution is 5.72. The zero-order chi connectivity index (χ0) is 11.3. The fourth-order valence-corrected chi connectivity index (χ4v) is 2.05. The molecular weight excluding hydrogens is 194 g/mol. The number of carbonyl (C=O) groups excluding carboxylic acids is 2. The third-order valence-corrected chi connectivity index (χ3v) is 2.77. The van der Waals surface area contributed by atoms with Crippen molar-refractivity contribution in [3.05, 3.63) is 0 Å². The minimum Gasteiger partial charge on any atom is -0.462 e. The molecular formula is C11H19NO3. The first-order chi connectivity index (χ1) is 7.09. The summed E-state index contributed by atoms with van der Waals surface area (Å²) in [6.07, 6.45) is 4.20. The normalized spacial score (nSPS) is 25.7. The average molecular weight is 213 g/mol. The van der Waals surface area contributed by atoms with Crippen LogP contribution >= 0.6 is 0 Å². The van der Waals surface area contributed by atoms with Gasteiger partial charge < -0.3 is 10.1 Å². The Morgan fingerprint density at radius 2 is 1.93 bits per heavy atom. The van der Waals surface area contributed by atoms with Crippen molar-refractivity contribution in [2.75, 3.05) is 6.54 Å². The Morgan fingerprint density at radius 3 is 2.53 bits per heavy atom. The molecule has 0 aliphatic heterocycles. The lowest BCUT2D eigenvalue weighted by atomic mass is 9.86. The molecule has 0 unspecified atom stereocenters. The van der Waals surface area contributed by atoms with Gasteiger partial charge in [0.2, 0.25) is 5.91 Å². The van der Waals surface area contributed by atoms with E-state index >= 15 is 0 Å². The van der Waals surface area contributed by atoms with Crippen LogP contribution < -0.4 is 5.32 Å². The summed E-state index contributed by atoms with van der Waals surface area (Å²) < 4.78 is 5.25. The minimum absolute atomic E-state index is 0.0110. The molecule has 0 bridgehead atoms. The highest BCUT2D eigenvalue weighted by Gasteiger charge is 2.27. The van der Waals surface area contributed by atoms with E-state index in [0.29, 0.717) is 6.54 Å². The van der Waals surface area contributed by atoms with E-state index in [2.05, 4.69) is 5.32 Å². The van der Waals surface area contributed by atoms with Gasteiger partial charge in [0, 0.05) is 26.3 Å². The van der Waals surface area contributed by atoms with Crippen LogP contribution in [0.2, 0.25) is 0 Å². The van der Waals surface area contributed by atoms with E-state index in [4.69, 9.17) is 4.74 Å². The molecule has 0 spiro atoms. The fraction of sp³-hybridized carbons (Fsp3) is 0.818. The number of esters is 1. The molecule has 1 aliphatic rings. The molecule has 1 fully saturated rings. The molecule has 0 aromatic heterocycles. The molecule has 4 nitrogen and oxygen atoms in total. The van der Waals surface area contributed by atoms with Crippen LogP contribution in [0.1, 0.15) is 39.5 Å². The Bertz CT molecular complexity index is 240. The molecule has 0 heterocycles. The fourth-order valence-electron chi connectivity index (χ4n) is 2.05. The van der Waals surface area contributed by atoms with Crippen LogP contribution in [0, 0.1) is 5.92 Å². The Hall–Kier alpha value is -1.06. The van der Waals surface area contributed by atoms with Crippen molar-refractivity contribution in [2.45, 2.75) is 45.6 Å². The van der Waals surface area contributed by atoms with Gasteiger partial charge in [-0.15, -0.1) is 0 Å². The van der Waals surface area contributed by atoms with Crippen LogP contribution in [0.3, 0.4) is 0 Å². The van der Waals surface area contributed by atoms with Crippen LogP contribution in [0.25, 0.3) is 0 Å². The third-order valence-electron chi connectivity index (χ3n) is 2.77. The standard InChI is InChI=1S/C11H19NO3/c1-8(13)12-7-10-5-3-4-6-11(10)15-9(2)14/h10-11H,3-7H2,1-2H3,(H,12,13)/t10-,11+/m1/s1. The summed E-state index contributed by atoms with van der Waals surface area (Å²) in [4.78, 5) is 21.7. The van der Waals surface area contributed by atoms with E-state index in [-0.39, 0.29) is 23.9 Å². The van der Waals surface area contributed by atoms with Crippen LogP contribution in [-0.2, 0) is 14.3 Å². The van der Waals surface area contributed by atoms with Crippen LogP contribution in [0.15, 0.2) is 0 Å². The number of hydrogen-bond acceptors (Lipinski definition) is 3. The number of rotatable bonds is 3. The van der Waals surface area contributed by atoms with Gasteiger partial charge in [-0.2, -0.15) is 0 Å². The third kappa shape index (κ3) is 4.32. The predicted octanol–water partition coefficient (Wildman–Crippen LogP) is 1.24. The van der Waals surface area contributed by atoms with Gasteiger partial charge in [-0.05, 0) is 19.3 Å². The summed E-state index contributed by atoms with van der Waals surface area (Å²) >= 11 is 0. The first kappa shape index (κ1) is 12.0. The lowest BCUT2D eigenvalue weighted by Crippen LogP contribution is -2.38. The maximum atomic E-state index is 10.9. The quantitative estimate of drug-likeness (QED) is 0.718. The van der Waals surface area contributed by atoms with Crippen molar-refractivity contribution >= 4 is 11.9 Å². The molecule has 1 saturated carbocycles. The van der Waals surface area contributed by atoms with Crippen molar-refractivity contribution in [2.24, 2.45) is 5.92 Å². The van der Waals surface area contributed by atoms with Gasteiger partial charge in [-0.1, -0.05) is 6.42 Å². The molecule has 1 aliphatic carbocycles. The molecule has 4 heteroatoms. The van der Waals surface area contributed by atoms with E-state index in [1.165, 1.54) is 13.8 Å². The SMILES string of the molecule is CC(=O)NC[C@H]1CCCC[C@@H]1OC(C)=O. The zero-order valence-corrected chi connectivity index (χ0v) is 9.41. The molecule has 0 radical (unpaired) electrons. The van der Waals surface area contributed by atoms with Crippen molar-refractivity contribution in [1.82, 2.24) is 5.32 Å². The van der Waals surface area contributed by atoms with Gasteiger partial charge in [0.1, 0.15) is 6.10 Å². The van der Waals surface area contributed by atoms with Crippen molar-refractivity contribution in [3.63, 3.8) is 0 Å². The van der Waals surface area contributed by atoms with E-state index in [0.717, 1.165) is 25.7 Å². The van der Waals surface area contributed by atoms with Crippen LogP contribution in [0.5, 0.6) is 0 Å². The summed E-state index contributed by atoms with van der Waals surface area (Å²) in [7, 11) is 0. The Kier molecular flexibility index (Phi) is 4.59. The predicted molar refractivity (Wildman–Crippen MR) is 56.2 cm³/mol. The maximum Gasteiger partial charge on any atom is 0.302 e. The largest absolute Gasteiger partial charge is 0.462 e. The zero-order valence-electron chi connectivity index (χ0n) is 9.41. The second-order valence-electron chi connectivity index (χ2n) is 4.13. The highest BCUT2D eigenvalue weighted by Crippen LogP contribution is 2.26. The number of carbonyl (C=O) groups is 2. The Labute approximate surface area is 90.4 Å². The van der Waals surface area contributed by atoms with E-state index in [1.54, 1.807) is 0 Å². The summed E-state index contributed by atoms with van der Waals surface area (Å²) in [6, 6.07) is 0. The van der Waals surface area contributed by atoms with E-state index in [1.807, 2.05) is 0 Å². The van der Waals surface area contributed by atoms with Gasteiger partial charge in [0.15, 0.2) is 0 Å². The molecule has 1 N–H and O–H groups in total. The molecule has 86 valence electrons. The molecule has 1 rings (SSSR count). The monoisotopic (exact) mass is 213 g/mol. The summed E-state index contributed by atoms with van der Waals surface area (Å²) in [6.45, 7) is 3.56. The average Bonchev–Trinajstić information content (AvgIpc) is 2.15. The molecule has 2 atom stereocenters. The Morgan fingerprint density at radius 1 is 1.27 bits per heavy atom. The lowest BCUT2D eigenvalue weighted by Gasteiger charge is -2.30. The molecule has 15 heavy (non-hydrogen) atoms. The smallest absolute Gasteiger partial charge is 0.302 e. The Balaban J connectivity index is 2.42. The first-order valence-corrected chi connectivity index (χ1v) is 5.51. The number of amides is 1. The lowest BCUT2D eigenvalue weighted by molar-refractivity contribution is -0.150. The van der Waals surface area contributed by atoms with Crippen molar-refractivity contribution in [1.29, 1.82) is 0 Å². The van der Waals surface area contributed by atoms with E-state index in [9.17, 15) is 9.59 Å². The number of nitrogens with one attached hydrogen (secondary N) is 1. The molecule has 0 saturated heterocycles. The summed E-state index contributed by atoms with van der Waals surface area (Å²) in [5.74, 6) is 0.0309. The topological polar surface area (TPSA) is 55.4 Å². The molecule has 1 amide bonds. The van der Waals surface area contributed by atoms with Crippen molar-refractivity contribution in [3.8, 4) is 0 Å². The molecule has 0 aromatic carbocycles. The number of ether oxygens (including phenoxy) is 1. The van der Waals surface area contributed by atoms with Gasteiger partial charge in [-0.25, -0.2) is 0 Å². The van der Waals surface area contributed by atoms with Crippen LogP contribution in [-0.4, -0.2) is 24.5 Å². The van der Waals surface area contributed by atoms with Gasteiger partial charge >= 0.3 is 5.97 Å². The summed E-state index contributed by atoms with van der Waals surface area (Å²) in [5, 5.41) is 2.79. The maximum absolute atomic E-state index is 10.9. The van der Waals surface area contributed by atoms with Crippen LogP contribution in [0.4, 0.5) is 0 Å². The molecule has 0 aromatic rings. The number of hydrogen-bond donors (Lipinski definition) is 1. The second-order valence-corrected chi connectivity index (χ2v) is 4.13. The van der Waals surface area contributed by atoms with Crippen molar-refractivity contribution < 1.29 is 14.3 Å². The van der Waals surface area contributed by atoms with E-state index < -0.39 is 0 Å². The second kappa shape index (κ2) is 5.73. The summed E-state index contributed by atoms with van der Waals surface area (Å²) in [5.41, 5.74) is 0. The van der Waals surface area contributed by atoms with Gasteiger partial charge in [-0.3, -0.25) is 9.59 Å².